The third kappa shape index (κ3) is 45.2. The predicted octanol–water partition coefficient (Wildman–Crippen LogP) is 4.02. The maximum absolute atomic E-state index is 8.36. The van der Waals surface area contributed by atoms with Crippen molar-refractivity contribution < 1.29 is 9.90 Å². The standard InChI is InChI=1S/2C8H19N.CH2O2/c2*1-7(2)5-4-6-8(3)9;2-1-3/h2*7-8H,4-6,9H2,1-3H3;1H,(H,2,3). The minimum atomic E-state index is -0.250. The lowest BCUT2D eigenvalue weighted by atomic mass is 10.0. The Hall–Kier alpha value is -0.610. The quantitative estimate of drug-likeness (QED) is 0.591. The minimum Gasteiger partial charge on any atom is -0.483 e. The molecule has 4 heteroatoms. The van der Waals surface area contributed by atoms with E-state index in [1.807, 2.05) is 0 Å². The number of nitrogens with two attached hydrogens (primary N) is 2. The lowest BCUT2D eigenvalue weighted by Gasteiger charge is -2.05. The van der Waals surface area contributed by atoms with Gasteiger partial charge in [-0.3, -0.25) is 4.79 Å². The number of carbonyl (C=O) groups is 1. The second-order valence-electron chi connectivity index (χ2n) is 6.71. The molecule has 0 fully saturated rings. The van der Waals surface area contributed by atoms with Gasteiger partial charge in [0.15, 0.2) is 0 Å². The molecule has 2 atom stereocenters. The molecule has 0 aliphatic carbocycles. The fourth-order valence-corrected chi connectivity index (χ4v) is 1.70. The molecular formula is C17H40N2O2. The fraction of sp³-hybridized carbons (Fsp3) is 0.941. The molecule has 130 valence electrons. The van der Waals surface area contributed by atoms with Gasteiger partial charge in [0.2, 0.25) is 0 Å². The fourth-order valence-electron chi connectivity index (χ4n) is 1.70. The van der Waals surface area contributed by atoms with Crippen LogP contribution in [-0.2, 0) is 4.79 Å². The third-order valence-electron chi connectivity index (χ3n) is 2.88. The van der Waals surface area contributed by atoms with Crippen LogP contribution in [0.15, 0.2) is 0 Å². The molecule has 0 amide bonds. The van der Waals surface area contributed by atoms with Gasteiger partial charge in [-0.1, -0.05) is 53.4 Å². The Bertz CT molecular complexity index is 159. The molecule has 0 aromatic heterocycles. The highest BCUT2D eigenvalue weighted by Gasteiger charge is 1.96. The van der Waals surface area contributed by atoms with E-state index in [0.717, 1.165) is 11.8 Å². The van der Waals surface area contributed by atoms with Crippen molar-refractivity contribution >= 4 is 6.47 Å². The molecule has 5 N–H and O–H groups in total. The molecule has 0 radical (unpaired) electrons. The maximum Gasteiger partial charge on any atom is 0.290 e. The molecule has 2 unspecified atom stereocenters. The van der Waals surface area contributed by atoms with E-state index in [1.165, 1.54) is 38.5 Å². The molecule has 0 aliphatic heterocycles. The summed E-state index contributed by atoms with van der Waals surface area (Å²) in [4.78, 5) is 8.36. The van der Waals surface area contributed by atoms with Crippen LogP contribution in [0.5, 0.6) is 0 Å². The lowest BCUT2D eigenvalue weighted by Crippen LogP contribution is -2.14. The van der Waals surface area contributed by atoms with E-state index >= 15 is 0 Å². The van der Waals surface area contributed by atoms with Crippen molar-refractivity contribution in [1.82, 2.24) is 0 Å². The minimum absolute atomic E-state index is 0.250. The molecule has 0 spiro atoms. The maximum atomic E-state index is 8.36. The highest BCUT2D eigenvalue weighted by atomic mass is 16.3. The van der Waals surface area contributed by atoms with Crippen molar-refractivity contribution in [2.24, 2.45) is 23.3 Å². The summed E-state index contributed by atoms with van der Waals surface area (Å²) < 4.78 is 0. The Labute approximate surface area is 132 Å². The van der Waals surface area contributed by atoms with Crippen LogP contribution in [0.1, 0.15) is 80.1 Å². The second kappa shape index (κ2) is 19.4. The van der Waals surface area contributed by atoms with Crippen LogP contribution in [0.3, 0.4) is 0 Å². The highest BCUT2D eigenvalue weighted by molar-refractivity contribution is 5.32. The first-order valence-electron chi connectivity index (χ1n) is 8.26. The van der Waals surface area contributed by atoms with Crippen LogP contribution in [0.2, 0.25) is 0 Å². The van der Waals surface area contributed by atoms with Gasteiger partial charge in [-0.15, -0.1) is 0 Å². The van der Waals surface area contributed by atoms with Gasteiger partial charge in [-0.2, -0.15) is 0 Å². The van der Waals surface area contributed by atoms with E-state index in [0.29, 0.717) is 12.1 Å². The summed E-state index contributed by atoms with van der Waals surface area (Å²) in [6.45, 7) is 12.9. The van der Waals surface area contributed by atoms with E-state index in [1.54, 1.807) is 0 Å². The van der Waals surface area contributed by atoms with Gasteiger partial charge in [0.25, 0.3) is 6.47 Å². The van der Waals surface area contributed by atoms with Crippen LogP contribution in [0.25, 0.3) is 0 Å². The van der Waals surface area contributed by atoms with E-state index in [4.69, 9.17) is 21.4 Å². The zero-order chi connectivity index (χ0) is 17.3. The summed E-state index contributed by atoms with van der Waals surface area (Å²) in [5.41, 5.74) is 11.2. The second-order valence-corrected chi connectivity index (χ2v) is 6.71. The van der Waals surface area contributed by atoms with E-state index in [-0.39, 0.29) is 6.47 Å². The molecule has 4 nitrogen and oxygen atoms in total. The normalized spacial score (nSPS) is 12.9. The van der Waals surface area contributed by atoms with Crippen LogP contribution in [0, 0.1) is 11.8 Å². The Morgan fingerprint density at radius 1 is 0.762 bits per heavy atom. The summed E-state index contributed by atoms with van der Waals surface area (Å²) in [5, 5.41) is 6.89. The van der Waals surface area contributed by atoms with E-state index < -0.39 is 0 Å². The first-order chi connectivity index (χ1) is 9.67. The average Bonchev–Trinajstić information content (AvgIpc) is 2.28. The summed E-state index contributed by atoms with van der Waals surface area (Å²) >= 11 is 0. The summed E-state index contributed by atoms with van der Waals surface area (Å²) in [5.74, 6) is 1.67. The molecule has 0 rings (SSSR count). The Balaban J connectivity index is -0.000000260. The Morgan fingerprint density at radius 3 is 1.14 bits per heavy atom. The number of carboxylic acid groups (broad SMARTS) is 1. The topological polar surface area (TPSA) is 89.3 Å². The number of rotatable bonds is 8. The molecule has 0 aromatic rings. The van der Waals surface area contributed by atoms with Gasteiger partial charge >= 0.3 is 0 Å². The number of hydrogen-bond donors (Lipinski definition) is 3. The third-order valence-corrected chi connectivity index (χ3v) is 2.88. The summed E-state index contributed by atoms with van der Waals surface area (Å²) in [7, 11) is 0. The summed E-state index contributed by atoms with van der Waals surface area (Å²) in [6, 6.07) is 0.785. The van der Waals surface area contributed by atoms with Crippen LogP contribution >= 0.6 is 0 Å². The SMILES string of the molecule is CC(C)CCCC(C)N.CC(C)CCCC(C)N.O=CO. The molecule has 0 bridgehead atoms. The van der Waals surface area contributed by atoms with Crippen molar-refractivity contribution in [3.8, 4) is 0 Å². The average molecular weight is 305 g/mol. The summed E-state index contributed by atoms with van der Waals surface area (Å²) in [6.07, 6.45) is 7.57. The van der Waals surface area contributed by atoms with Crippen molar-refractivity contribution in [1.29, 1.82) is 0 Å². The van der Waals surface area contributed by atoms with E-state index in [9.17, 15) is 0 Å². The van der Waals surface area contributed by atoms with Crippen LogP contribution in [0.4, 0.5) is 0 Å². The molecular weight excluding hydrogens is 264 g/mol. The zero-order valence-electron chi connectivity index (χ0n) is 15.1. The van der Waals surface area contributed by atoms with Gasteiger partial charge in [0, 0.05) is 12.1 Å². The zero-order valence-corrected chi connectivity index (χ0v) is 15.1. The van der Waals surface area contributed by atoms with Crippen molar-refractivity contribution in [2.75, 3.05) is 0 Å². The molecule has 0 heterocycles. The Kier molecular flexibility index (Phi) is 23.4. The molecule has 0 saturated carbocycles. The van der Waals surface area contributed by atoms with Gasteiger partial charge in [-0.05, 0) is 38.5 Å². The molecule has 21 heavy (non-hydrogen) atoms. The molecule has 0 aliphatic rings. The van der Waals surface area contributed by atoms with Crippen molar-refractivity contribution in [2.45, 2.75) is 92.2 Å². The molecule has 0 saturated heterocycles. The monoisotopic (exact) mass is 304 g/mol. The first-order valence-corrected chi connectivity index (χ1v) is 8.26. The van der Waals surface area contributed by atoms with E-state index in [2.05, 4.69) is 41.5 Å². The van der Waals surface area contributed by atoms with Gasteiger partial charge < -0.3 is 16.6 Å². The predicted molar refractivity (Wildman–Crippen MR) is 93.4 cm³/mol. The highest BCUT2D eigenvalue weighted by Crippen LogP contribution is 2.07. The number of hydrogen-bond acceptors (Lipinski definition) is 3. The Morgan fingerprint density at radius 2 is 1.00 bits per heavy atom. The first kappa shape index (κ1) is 25.3. The van der Waals surface area contributed by atoms with Crippen molar-refractivity contribution in [3.63, 3.8) is 0 Å². The van der Waals surface area contributed by atoms with Crippen LogP contribution < -0.4 is 11.5 Å². The van der Waals surface area contributed by atoms with Crippen LogP contribution in [-0.4, -0.2) is 23.7 Å². The molecule has 0 aromatic carbocycles. The van der Waals surface area contributed by atoms with Gasteiger partial charge in [0.1, 0.15) is 0 Å². The van der Waals surface area contributed by atoms with Gasteiger partial charge in [-0.25, -0.2) is 0 Å². The van der Waals surface area contributed by atoms with Gasteiger partial charge in [0.05, 0.1) is 0 Å². The largest absolute Gasteiger partial charge is 0.483 e. The smallest absolute Gasteiger partial charge is 0.290 e. The lowest BCUT2D eigenvalue weighted by molar-refractivity contribution is -0.122. The van der Waals surface area contributed by atoms with Crippen molar-refractivity contribution in [3.05, 3.63) is 0 Å².